The number of hydrogen-bond acceptors (Lipinski definition) is 5. The molecule has 1 rings (SSSR count). The largest absolute Gasteiger partial charge is 0.282 e. The van der Waals surface area contributed by atoms with Gasteiger partial charge in [-0.05, 0) is 12.5 Å². The van der Waals surface area contributed by atoms with Crippen molar-refractivity contribution in [2.75, 3.05) is 21.7 Å². The molecule has 1 aliphatic heterocycles. The van der Waals surface area contributed by atoms with E-state index < -0.39 is 0 Å². The predicted octanol–water partition coefficient (Wildman–Crippen LogP) is 3.32. The Hall–Kier alpha value is 0.810. The molecule has 1 saturated heterocycles. The van der Waals surface area contributed by atoms with Crippen molar-refractivity contribution in [3.63, 3.8) is 0 Å². The summed E-state index contributed by atoms with van der Waals surface area (Å²) in [6.45, 7) is 5.39. The monoisotopic (exact) mass is 266 g/mol. The second-order valence-electron chi connectivity index (χ2n) is 2.98. The highest BCUT2D eigenvalue weighted by Gasteiger charge is 2.15. The van der Waals surface area contributed by atoms with Gasteiger partial charge in [0.05, 0.1) is 0 Å². The molecule has 1 aliphatic rings. The molecular formula is C9H14OS4. The van der Waals surface area contributed by atoms with Crippen molar-refractivity contribution in [2.45, 2.75) is 12.2 Å². The smallest absolute Gasteiger partial charge is 0.215 e. The Bertz CT molecular complexity index is 211. The normalized spacial score (nSPS) is 21.1. The highest BCUT2D eigenvalue weighted by Crippen LogP contribution is 2.32. The number of hydrogen-bond donors (Lipinski definition) is 0. The van der Waals surface area contributed by atoms with Crippen LogP contribution in [0.25, 0.3) is 0 Å². The van der Waals surface area contributed by atoms with Crippen molar-refractivity contribution in [3.8, 4) is 0 Å². The maximum absolute atomic E-state index is 11.2. The van der Waals surface area contributed by atoms with Gasteiger partial charge < -0.3 is 0 Å². The summed E-state index contributed by atoms with van der Waals surface area (Å²) in [5.41, 5.74) is 0.654. The van der Waals surface area contributed by atoms with Crippen molar-refractivity contribution in [3.05, 3.63) is 12.2 Å². The summed E-state index contributed by atoms with van der Waals surface area (Å²) in [5, 5.41) is 3.03. The summed E-state index contributed by atoms with van der Waals surface area (Å²) in [5.74, 6) is 2.45. The summed E-state index contributed by atoms with van der Waals surface area (Å²) in [6.07, 6.45) is 0. The van der Waals surface area contributed by atoms with Crippen LogP contribution in [0, 0.1) is 0 Å². The first-order valence-corrected chi connectivity index (χ1v) is 8.64. The van der Waals surface area contributed by atoms with Gasteiger partial charge in [-0.25, -0.2) is 0 Å². The van der Waals surface area contributed by atoms with Crippen molar-refractivity contribution in [1.29, 1.82) is 0 Å². The van der Waals surface area contributed by atoms with Gasteiger partial charge in [-0.15, -0.1) is 35.3 Å². The van der Waals surface area contributed by atoms with E-state index in [-0.39, 0.29) is 5.12 Å². The van der Waals surface area contributed by atoms with Crippen LogP contribution in [0.4, 0.5) is 0 Å². The quantitative estimate of drug-likeness (QED) is 0.430. The third-order valence-corrected chi connectivity index (χ3v) is 7.08. The van der Waals surface area contributed by atoms with Crippen LogP contribution in [0.1, 0.15) is 6.92 Å². The van der Waals surface area contributed by atoms with E-state index in [1.807, 2.05) is 35.3 Å². The fourth-order valence-corrected chi connectivity index (χ4v) is 6.06. The second-order valence-corrected chi connectivity index (χ2v) is 8.01. The van der Waals surface area contributed by atoms with Crippen LogP contribution >= 0.6 is 47.0 Å². The Balaban J connectivity index is 1.98. The molecule has 14 heavy (non-hydrogen) atoms. The lowest BCUT2D eigenvalue weighted by molar-refractivity contribution is -0.107. The van der Waals surface area contributed by atoms with Crippen LogP contribution in [0.3, 0.4) is 0 Å². The SMILES string of the molecule is C=C(C)C(=O)SCSCC1CSCS1. The molecular weight excluding hydrogens is 252 g/mol. The van der Waals surface area contributed by atoms with E-state index >= 15 is 0 Å². The third-order valence-electron chi connectivity index (χ3n) is 1.62. The Labute approximate surface area is 103 Å². The van der Waals surface area contributed by atoms with Crippen molar-refractivity contribution in [1.82, 2.24) is 0 Å². The molecule has 0 aromatic heterocycles. The number of thioether (sulfide) groups is 4. The predicted molar refractivity (Wildman–Crippen MR) is 73.4 cm³/mol. The molecule has 0 aromatic carbocycles. The minimum absolute atomic E-state index is 0.131. The molecule has 5 heteroatoms. The lowest BCUT2D eigenvalue weighted by Crippen LogP contribution is -2.04. The topological polar surface area (TPSA) is 17.1 Å². The van der Waals surface area contributed by atoms with Crippen LogP contribution in [-0.2, 0) is 4.79 Å². The molecule has 1 atom stereocenters. The molecule has 80 valence electrons. The minimum Gasteiger partial charge on any atom is -0.282 e. The minimum atomic E-state index is 0.131. The van der Waals surface area contributed by atoms with Gasteiger partial charge in [-0.3, -0.25) is 4.79 Å². The van der Waals surface area contributed by atoms with E-state index in [4.69, 9.17) is 0 Å². The number of carbonyl (C=O) groups excluding carboxylic acids is 1. The summed E-state index contributed by atoms with van der Waals surface area (Å²) >= 11 is 7.29. The molecule has 0 amide bonds. The zero-order valence-corrected chi connectivity index (χ0v) is 11.4. The van der Waals surface area contributed by atoms with Gasteiger partial charge in [-0.1, -0.05) is 18.3 Å². The molecule has 1 unspecified atom stereocenters. The van der Waals surface area contributed by atoms with Crippen LogP contribution < -0.4 is 0 Å². The van der Waals surface area contributed by atoms with E-state index in [9.17, 15) is 4.79 Å². The fraction of sp³-hybridized carbons (Fsp3) is 0.667. The zero-order chi connectivity index (χ0) is 10.4. The Morgan fingerprint density at radius 3 is 3.00 bits per heavy atom. The van der Waals surface area contributed by atoms with E-state index in [0.29, 0.717) is 5.57 Å². The first-order chi connectivity index (χ1) is 6.70. The zero-order valence-electron chi connectivity index (χ0n) is 8.15. The van der Waals surface area contributed by atoms with Gasteiger partial charge in [0.1, 0.15) is 0 Å². The third kappa shape index (κ3) is 5.05. The van der Waals surface area contributed by atoms with Gasteiger partial charge in [0.15, 0.2) is 0 Å². The lowest BCUT2D eigenvalue weighted by Gasteiger charge is -2.05. The van der Waals surface area contributed by atoms with Crippen LogP contribution in [0.15, 0.2) is 12.2 Å². The van der Waals surface area contributed by atoms with E-state index in [0.717, 1.165) is 10.3 Å². The van der Waals surface area contributed by atoms with Gasteiger partial charge in [0.25, 0.3) is 0 Å². The van der Waals surface area contributed by atoms with Gasteiger partial charge >= 0.3 is 0 Å². The molecule has 0 N–H and O–H groups in total. The molecule has 1 nitrogen and oxygen atoms in total. The van der Waals surface area contributed by atoms with Crippen molar-refractivity contribution < 1.29 is 4.79 Å². The Kier molecular flexibility index (Phi) is 6.57. The summed E-state index contributed by atoms with van der Waals surface area (Å²) in [4.78, 5) is 11.2. The van der Waals surface area contributed by atoms with Crippen LogP contribution in [0.2, 0.25) is 0 Å². The van der Waals surface area contributed by atoms with Gasteiger partial charge in [-0.2, -0.15) is 0 Å². The van der Waals surface area contributed by atoms with Gasteiger partial charge in [0, 0.05) is 26.9 Å². The number of rotatable bonds is 5. The standard InChI is InChI=1S/C9H14OS4/c1-7(2)9(10)14-6-12-4-8-3-11-5-13-8/h8H,1,3-6H2,2H3. The highest BCUT2D eigenvalue weighted by molar-refractivity contribution is 8.24. The van der Waals surface area contributed by atoms with Gasteiger partial charge in [0.2, 0.25) is 5.12 Å². The van der Waals surface area contributed by atoms with E-state index in [1.54, 1.807) is 6.92 Å². The average Bonchev–Trinajstić information content (AvgIpc) is 2.64. The highest BCUT2D eigenvalue weighted by atomic mass is 32.2. The maximum Gasteiger partial charge on any atom is 0.215 e. The molecule has 0 spiro atoms. The van der Waals surface area contributed by atoms with E-state index in [1.165, 1.54) is 28.4 Å². The molecule has 0 bridgehead atoms. The molecule has 0 aromatic rings. The van der Waals surface area contributed by atoms with Crippen molar-refractivity contribution >= 4 is 52.2 Å². The lowest BCUT2D eigenvalue weighted by atomic mass is 10.4. The molecule has 0 aliphatic carbocycles. The Morgan fingerprint density at radius 1 is 1.64 bits per heavy atom. The first kappa shape index (κ1) is 12.9. The Morgan fingerprint density at radius 2 is 2.43 bits per heavy atom. The fourth-order valence-electron chi connectivity index (χ4n) is 0.866. The summed E-state index contributed by atoms with van der Waals surface area (Å²) < 4.78 is 0. The summed E-state index contributed by atoms with van der Waals surface area (Å²) in [7, 11) is 0. The molecule has 1 fully saturated rings. The molecule has 1 heterocycles. The maximum atomic E-state index is 11.2. The van der Waals surface area contributed by atoms with Crippen LogP contribution in [0.5, 0.6) is 0 Å². The molecule has 0 radical (unpaired) electrons. The van der Waals surface area contributed by atoms with Crippen LogP contribution in [-0.4, -0.2) is 32.0 Å². The average molecular weight is 266 g/mol. The summed E-state index contributed by atoms with van der Waals surface area (Å²) in [6, 6.07) is 0. The second kappa shape index (κ2) is 7.14. The molecule has 0 saturated carbocycles. The first-order valence-electron chi connectivity index (χ1n) is 4.30. The van der Waals surface area contributed by atoms with Crippen molar-refractivity contribution in [2.24, 2.45) is 0 Å². The number of carbonyl (C=O) groups is 1. The van der Waals surface area contributed by atoms with E-state index in [2.05, 4.69) is 6.58 Å².